The second-order valence-corrected chi connectivity index (χ2v) is 6.83. The van der Waals surface area contributed by atoms with Crippen molar-refractivity contribution in [1.29, 1.82) is 0 Å². The Balaban J connectivity index is 1.47. The molecule has 2 aromatic heterocycles. The molecule has 2 heterocycles. The Bertz CT molecular complexity index is 1010. The van der Waals surface area contributed by atoms with Gasteiger partial charge in [0.25, 0.3) is 0 Å². The van der Waals surface area contributed by atoms with Crippen LogP contribution in [0.3, 0.4) is 0 Å². The Morgan fingerprint density at radius 2 is 1.65 bits per heavy atom. The highest BCUT2D eigenvalue weighted by Gasteiger charge is 2.14. The van der Waals surface area contributed by atoms with E-state index in [9.17, 15) is 0 Å². The molecule has 2 aromatic carbocycles. The Hall–Kier alpha value is -2.93. The number of benzene rings is 2. The van der Waals surface area contributed by atoms with Crippen LogP contribution in [0.25, 0.3) is 22.8 Å². The van der Waals surface area contributed by atoms with Gasteiger partial charge in [-0.2, -0.15) is 0 Å². The second-order valence-electron chi connectivity index (χ2n) is 5.89. The quantitative estimate of drug-likeness (QED) is 0.497. The minimum atomic E-state index is 0.527. The summed E-state index contributed by atoms with van der Waals surface area (Å²) in [4.78, 5) is 0. The summed E-state index contributed by atoms with van der Waals surface area (Å²) in [5.74, 6) is 2.47. The average Bonchev–Trinajstić information content (AvgIpc) is 3.29. The minimum Gasteiger partial charge on any atom is -0.420 e. The second kappa shape index (κ2) is 7.13. The highest BCUT2D eigenvalue weighted by molar-refractivity contribution is 7.98. The number of aromatic nitrogens is 5. The van der Waals surface area contributed by atoms with Crippen molar-refractivity contribution in [3.8, 4) is 22.8 Å². The smallest absolute Gasteiger partial charge is 0.247 e. The maximum Gasteiger partial charge on any atom is 0.247 e. The van der Waals surface area contributed by atoms with E-state index in [-0.39, 0.29) is 0 Å². The summed E-state index contributed by atoms with van der Waals surface area (Å²) in [5, 5.41) is 17.6. The molecular formula is C19H17N5OS. The van der Waals surface area contributed by atoms with Crippen LogP contribution >= 0.6 is 11.8 Å². The van der Waals surface area contributed by atoms with Gasteiger partial charge in [-0.05, 0) is 19.1 Å². The lowest BCUT2D eigenvalue weighted by Gasteiger charge is -2.03. The van der Waals surface area contributed by atoms with Gasteiger partial charge >= 0.3 is 0 Å². The zero-order chi connectivity index (χ0) is 17.9. The molecule has 7 heteroatoms. The maximum absolute atomic E-state index is 5.74. The van der Waals surface area contributed by atoms with E-state index >= 15 is 0 Å². The van der Waals surface area contributed by atoms with E-state index < -0.39 is 0 Å². The van der Waals surface area contributed by atoms with E-state index in [2.05, 4.69) is 51.6 Å². The van der Waals surface area contributed by atoms with Gasteiger partial charge in [0.15, 0.2) is 11.0 Å². The summed E-state index contributed by atoms with van der Waals surface area (Å²) in [6.45, 7) is 2.07. The Morgan fingerprint density at radius 1 is 0.885 bits per heavy atom. The molecule has 0 aliphatic rings. The Morgan fingerprint density at radius 3 is 2.42 bits per heavy atom. The van der Waals surface area contributed by atoms with Crippen molar-refractivity contribution < 1.29 is 4.42 Å². The van der Waals surface area contributed by atoms with E-state index in [0.29, 0.717) is 17.5 Å². The van der Waals surface area contributed by atoms with Crippen molar-refractivity contribution in [2.75, 3.05) is 0 Å². The van der Waals surface area contributed by atoms with Crippen LogP contribution in [0.15, 0.2) is 64.2 Å². The first-order valence-electron chi connectivity index (χ1n) is 8.18. The van der Waals surface area contributed by atoms with Crippen LogP contribution in [0.1, 0.15) is 11.5 Å². The highest BCUT2D eigenvalue weighted by Crippen LogP contribution is 2.26. The van der Waals surface area contributed by atoms with E-state index in [1.165, 1.54) is 17.3 Å². The van der Waals surface area contributed by atoms with Crippen molar-refractivity contribution in [1.82, 2.24) is 25.0 Å². The van der Waals surface area contributed by atoms with Crippen LogP contribution in [-0.4, -0.2) is 25.0 Å². The van der Waals surface area contributed by atoms with Crippen LogP contribution in [0.2, 0.25) is 0 Å². The summed E-state index contributed by atoms with van der Waals surface area (Å²) >= 11 is 1.52. The topological polar surface area (TPSA) is 69.6 Å². The molecule has 6 nitrogen and oxygen atoms in total. The number of nitrogens with zero attached hydrogens (tertiary/aromatic N) is 5. The van der Waals surface area contributed by atoms with Gasteiger partial charge in [-0.25, -0.2) is 0 Å². The summed E-state index contributed by atoms with van der Waals surface area (Å²) in [5.41, 5.74) is 3.18. The van der Waals surface area contributed by atoms with Gasteiger partial charge in [-0.3, -0.25) is 0 Å². The van der Waals surface area contributed by atoms with E-state index in [1.54, 1.807) is 0 Å². The third-order valence-electron chi connectivity index (χ3n) is 3.96. The van der Waals surface area contributed by atoms with Crippen LogP contribution < -0.4 is 0 Å². The number of aryl methyl sites for hydroxylation is 1. The van der Waals surface area contributed by atoms with Crippen molar-refractivity contribution >= 4 is 11.8 Å². The molecule has 26 heavy (non-hydrogen) atoms. The molecule has 0 atom stereocenters. The number of rotatable bonds is 5. The standard InChI is InChI=1S/C19H17N5OS/c1-13-8-10-14(11-9-13)17-21-23-19(24(17)2)26-12-16-20-22-18(25-16)15-6-4-3-5-7-15/h3-11H,12H2,1-2H3. The lowest BCUT2D eigenvalue weighted by molar-refractivity contribution is 0.528. The molecule has 0 bridgehead atoms. The van der Waals surface area contributed by atoms with Gasteiger partial charge in [0.2, 0.25) is 11.8 Å². The first-order valence-corrected chi connectivity index (χ1v) is 9.16. The first kappa shape index (κ1) is 16.5. The summed E-state index contributed by atoms with van der Waals surface area (Å²) in [6, 6.07) is 18.0. The fourth-order valence-electron chi connectivity index (χ4n) is 2.53. The highest BCUT2D eigenvalue weighted by atomic mass is 32.2. The van der Waals surface area contributed by atoms with Gasteiger partial charge in [0.05, 0.1) is 5.75 Å². The van der Waals surface area contributed by atoms with Crippen LogP contribution in [0, 0.1) is 6.92 Å². The van der Waals surface area contributed by atoms with Gasteiger partial charge < -0.3 is 8.98 Å². The molecule has 0 aliphatic heterocycles. The van der Waals surface area contributed by atoms with E-state index in [1.807, 2.05) is 41.9 Å². The monoisotopic (exact) mass is 363 g/mol. The van der Waals surface area contributed by atoms with Crippen molar-refractivity contribution in [3.63, 3.8) is 0 Å². The number of thioether (sulfide) groups is 1. The van der Waals surface area contributed by atoms with Crippen LogP contribution in [-0.2, 0) is 12.8 Å². The number of hydrogen-bond donors (Lipinski definition) is 0. The molecule has 0 saturated heterocycles. The summed E-state index contributed by atoms with van der Waals surface area (Å²) in [7, 11) is 1.96. The molecule has 4 aromatic rings. The van der Waals surface area contributed by atoms with Crippen molar-refractivity contribution in [2.45, 2.75) is 17.8 Å². The molecule has 0 unspecified atom stereocenters. The van der Waals surface area contributed by atoms with E-state index in [0.717, 1.165) is 22.1 Å². The lowest BCUT2D eigenvalue weighted by atomic mass is 10.1. The predicted octanol–water partition coefficient (Wildman–Crippen LogP) is 4.13. The first-order chi connectivity index (χ1) is 12.7. The normalized spacial score (nSPS) is 11.0. The molecule has 0 fully saturated rings. The minimum absolute atomic E-state index is 0.527. The predicted molar refractivity (Wildman–Crippen MR) is 100 cm³/mol. The van der Waals surface area contributed by atoms with Crippen molar-refractivity contribution in [3.05, 3.63) is 66.1 Å². The van der Waals surface area contributed by atoms with Crippen LogP contribution in [0.4, 0.5) is 0 Å². The largest absolute Gasteiger partial charge is 0.420 e. The number of hydrogen-bond acceptors (Lipinski definition) is 6. The molecule has 0 saturated carbocycles. The molecule has 130 valence electrons. The lowest BCUT2D eigenvalue weighted by Crippen LogP contribution is -1.95. The SMILES string of the molecule is Cc1ccc(-c2nnc(SCc3nnc(-c4ccccc4)o3)n2C)cc1. The molecule has 4 rings (SSSR count). The molecule has 0 spiro atoms. The third kappa shape index (κ3) is 3.39. The Kier molecular flexibility index (Phi) is 4.53. The summed E-state index contributed by atoms with van der Waals surface area (Å²) in [6.07, 6.45) is 0. The van der Waals surface area contributed by atoms with E-state index in [4.69, 9.17) is 4.42 Å². The zero-order valence-corrected chi connectivity index (χ0v) is 15.3. The fraction of sp³-hybridized carbons (Fsp3) is 0.158. The summed E-state index contributed by atoms with van der Waals surface area (Å²) < 4.78 is 7.71. The Labute approximate surface area is 155 Å². The third-order valence-corrected chi connectivity index (χ3v) is 4.96. The van der Waals surface area contributed by atoms with Gasteiger partial charge in [0.1, 0.15) is 0 Å². The molecular weight excluding hydrogens is 346 g/mol. The van der Waals surface area contributed by atoms with Gasteiger partial charge in [-0.1, -0.05) is 59.8 Å². The van der Waals surface area contributed by atoms with Crippen molar-refractivity contribution in [2.24, 2.45) is 7.05 Å². The molecule has 0 N–H and O–H groups in total. The average molecular weight is 363 g/mol. The van der Waals surface area contributed by atoms with Crippen LogP contribution in [0.5, 0.6) is 0 Å². The maximum atomic E-state index is 5.74. The molecule has 0 aliphatic carbocycles. The van der Waals surface area contributed by atoms with Gasteiger partial charge in [-0.15, -0.1) is 20.4 Å². The fourth-order valence-corrected chi connectivity index (χ4v) is 3.28. The van der Waals surface area contributed by atoms with Gasteiger partial charge in [0, 0.05) is 18.2 Å². The molecule has 0 amide bonds. The molecule has 0 radical (unpaired) electrons. The zero-order valence-electron chi connectivity index (χ0n) is 14.5.